The number of H-pyrrole nitrogens is 1. The van der Waals surface area contributed by atoms with Crippen molar-refractivity contribution in [2.24, 2.45) is 16.3 Å². The summed E-state index contributed by atoms with van der Waals surface area (Å²) in [5, 5.41) is 5.62. The molecule has 0 radical (unpaired) electrons. The SMILES string of the molecule is COc1c(C2COC(C(F)(F)F)C2C)ccc(F)c1F.O=NCc1cc2nc[nH]c2cc1CN=O. The Morgan fingerprint density at radius 3 is 2.37 bits per heavy atom. The number of hydrogen-bond acceptors (Lipinski definition) is 7. The standard InChI is InChI=1S/C13H13F5O2.C9H8N4O2/c1-6-8(5-20-12(6)13(16,17)18)7-3-4-9(14)10(15)11(7)19-2;14-12-3-6-1-8-9(11-5-10-8)2-7(6)4-13-15/h3-4,6,8,12H,5H2,1-2H3;1-2,5H,3-4H2,(H,10,11). The van der Waals surface area contributed by atoms with Gasteiger partial charge in [0.2, 0.25) is 5.82 Å². The molecule has 2 heterocycles. The molecule has 1 fully saturated rings. The summed E-state index contributed by atoms with van der Waals surface area (Å²) in [5.74, 6) is -4.29. The summed E-state index contributed by atoms with van der Waals surface area (Å²) in [7, 11) is 1.14. The third-order valence-electron chi connectivity index (χ3n) is 5.79. The number of imidazole rings is 1. The van der Waals surface area contributed by atoms with Gasteiger partial charge in [-0.1, -0.05) is 23.3 Å². The number of benzene rings is 2. The highest BCUT2D eigenvalue weighted by atomic mass is 19.4. The van der Waals surface area contributed by atoms with E-state index in [1.165, 1.54) is 13.0 Å². The summed E-state index contributed by atoms with van der Waals surface area (Å²) >= 11 is 0. The molecule has 1 aliphatic heterocycles. The Morgan fingerprint density at radius 1 is 1.14 bits per heavy atom. The molecule has 35 heavy (non-hydrogen) atoms. The number of aromatic amines is 1. The summed E-state index contributed by atoms with van der Waals surface area (Å²) in [5.41, 5.74) is 3.17. The van der Waals surface area contributed by atoms with Crippen molar-refractivity contribution in [1.82, 2.24) is 9.97 Å². The normalized spacial score (nSPS) is 19.8. The monoisotopic (exact) mass is 500 g/mol. The molecule has 3 unspecified atom stereocenters. The summed E-state index contributed by atoms with van der Waals surface area (Å²) in [6, 6.07) is 5.62. The first-order valence-electron chi connectivity index (χ1n) is 10.4. The molecule has 0 spiro atoms. The lowest BCUT2D eigenvalue weighted by Gasteiger charge is -2.22. The molecular weight excluding hydrogens is 479 g/mol. The molecule has 3 aromatic rings. The summed E-state index contributed by atoms with van der Waals surface area (Å²) in [4.78, 5) is 27.4. The number of alkyl halides is 3. The summed E-state index contributed by atoms with van der Waals surface area (Å²) in [6.45, 7) is 1.23. The van der Waals surface area contributed by atoms with Gasteiger partial charge in [-0.2, -0.15) is 27.4 Å². The molecule has 1 aliphatic rings. The van der Waals surface area contributed by atoms with Crippen molar-refractivity contribution in [1.29, 1.82) is 0 Å². The first-order chi connectivity index (χ1) is 16.6. The Balaban J connectivity index is 0.000000203. The van der Waals surface area contributed by atoms with Crippen LogP contribution in [-0.4, -0.2) is 36.0 Å². The number of nitroso groups, excluding NO2 is 2. The van der Waals surface area contributed by atoms with Gasteiger partial charge in [-0.3, -0.25) is 0 Å². The van der Waals surface area contributed by atoms with Crippen LogP contribution in [0.25, 0.3) is 11.0 Å². The van der Waals surface area contributed by atoms with Crippen LogP contribution in [0.3, 0.4) is 0 Å². The highest BCUT2D eigenvalue weighted by Gasteiger charge is 2.51. The molecule has 13 heteroatoms. The zero-order valence-corrected chi connectivity index (χ0v) is 18.6. The van der Waals surface area contributed by atoms with Gasteiger partial charge in [0.05, 0.1) is 31.1 Å². The quantitative estimate of drug-likeness (QED) is 0.343. The topological polar surface area (TPSA) is 106 Å². The molecule has 3 atom stereocenters. The highest BCUT2D eigenvalue weighted by Crippen LogP contribution is 2.45. The largest absolute Gasteiger partial charge is 0.493 e. The van der Waals surface area contributed by atoms with Gasteiger partial charge in [-0.15, -0.1) is 0 Å². The van der Waals surface area contributed by atoms with Crippen LogP contribution in [0.5, 0.6) is 5.75 Å². The predicted octanol–water partition coefficient (Wildman–Crippen LogP) is 5.75. The van der Waals surface area contributed by atoms with E-state index in [9.17, 15) is 31.8 Å². The van der Waals surface area contributed by atoms with Crippen LogP contribution in [0.15, 0.2) is 40.9 Å². The Bertz CT molecular complexity index is 1160. The number of ether oxygens (including phenoxy) is 2. The lowest BCUT2D eigenvalue weighted by atomic mass is 9.86. The number of hydrogen-bond donors (Lipinski definition) is 1. The Hall–Kier alpha value is -3.48. The van der Waals surface area contributed by atoms with Crippen LogP contribution in [0.1, 0.15) is 29.5 Å². The summed E-state index contributed by atoms with van der Waals surface area (Å²) in [6.07, 6.45) is -4.84. The predicted molar refractivity (Wildman–Crippen MR) is 116 cm³/mol. The summed E-state index contributed by atoms with van der Waals surface area (Å²) < 4.78 is 74.5. The van der Waals surface area contributed by atoms with Crippen LogP contribution in [-0.2, 0) is 17.8 Å². The zero-order chi connectivity index (χ0) is 25.8. The second-order valence-corrected chi connectivity index (χ2v) is 7.86. The fourth-order valence-electron chi connectivity index (χ4n) is 4.04. The van der Waals surface area contributed by atoms with Crippen LogP contribution < -0.4 is 4.74 Å². The minimum Gasteiger partial charge on any atom is -0.493 e. The van der Waals surface area contributed by atoms with Crippen LogP contribution in [0.4, 0.5) is 22.0 Å². The minimum absolute atomic E-state index is 0.0354. The van der Waals surface area contributed by atoms with Gasteiger partial charge in [0, 0.05) is 17.4 Å². The number of halogens is 5. The van der Waals surface area contributed by atoms with Gasteiger partial charge in [-0.25, -0.2) is 9.37 Å². The van der Waals surface area contributed by atoms with Crippen molar-refractivity contribution in [3.63, 3.8) is 0 Å². The Morgan fingerprint density at radius 2 is 1.80 bits per heavy atom. The van der Waals surface area contributed by atoms with E-state index in [-0.39, 0.29) is 31.0 Å². The second kappa shape index (κ2) is 10.8. The van der Waals surface area contributed by atoms with Crippen molar-refractivity contribution in [2.45, 2.75) is 38.2 Å². The van der Waals surface area contributed by atoms with Crippen molar-refractivity contribution >= 4 is 11.0 Å². The van der Waals surface area contributed by atoms with Gasteiger partial charge in [-0.05, 0) is 29.3 Å². The molecule has 2 aromatic carbocycles. The Kier molecular flexibility index (Phi) is 8.10. The van der Waals surface area contributed by atoms with Crippen molar-refractivity contribution in [3.05, 3.63) is 68.7 Å². The van der Waals surface area contributed by atoms with Gasteiger partial charge in [0.25, 0.3) is 0 Å². The lowest BCUT2D eigenvalue weighted by Crippen LogP contribution is -2.33. The number of rotatable bonds is 6. The number of aromatic nitrogens is 2. The van der Waals surface area contributed by atoms with Crippen LogP contribution >= 0.6 is 0 Å². The molecule has 0 amide bonds. The van der Waals surface area contributed by atoms with Crippen LogP contribution in [0.2, 0.25) is 0 Å². The molecule has 1 N–H and O–H groups in total. The molecule has 0 bridgehead atoms. The van der Waals surface area contributed by atoms with Gasteiger partial charge >= 0.3 is 6.18 Å². The smallest absolute Gasteiger partial charge is 0.414 e. The maximum atomic E-state index is 13.6. The second-order valence-electron chi connectivity index (χ2n) is 7.86. The number of fused-ring (bicyclic) bond motifs is 1. The van der Waals surface area contributed by atoms with Crippen LogP contribution in [0, 0.1) is 27.4 Å². The molecule has 1 aromatic heterocycles. The van der Waals surface area contributed by atoms with E-state index in [1.54, 1.807) is 18.5 Å². The molecule has 0 saturated carbocycles. The number of nitrogens with one attached hydrogen (secondary N) is 1. The third kappa shape index (κ3) is 5.61. The maximum Gasteiger partial charge on any atom is 0.414 e. The van der Waals surface area contributed by atoms with E-state index < -0.39 is 35.8 Å². The fraction of sp³-hybridized carbons (Fsp3) is 0.409. The lowest BCUT2D eigenvalue weighted by molar-refractivity contribution is -0.215. The third-order valence-corrected chi connectivity index (χ3v) is 5.79. The average Bonchev–Trinajstić information content (AvgIpc) is 3.42. The van der Waals surface area contributed by atoms with E-state index in [4.69, 9.17) is 9.47 Å². The fourth-order valence-corrected chi connectivity index (χ4v) is 4.04. The van der Waals surface area contributed by atoms with E-state index in [1.807, 2.05) is 0 Å². The number of methoxy groups -OCH3 is 1. The molecular formula is C22H21F5N4O4. The van der Waals surface area contributed by atoms with Crippen molar-refractivity contribution in [2.75, 3.05) is 13.7 Å². The minimum atomic E-state index is -4.49. The first-order valence-corrected chi connectivity index (χ1v) is 10.4. The average molecular weight is 500 g/mol. The maximum absolute atomic E-state index is 13.6. The Labute approximate surface area is 195 Å². The highest BCUT2D eigenvalue weighted by molar-refractivity contribution is 5.76. The van der Waals surface area contributed by atoms with E-state index >= 15 is 0 Å². The molecule has 4 rings (SSSR count). The van der Waals surface area contributed by atoms with Gasteiger partial charge < -0.3 is 14.5 Å². The number of nitrogens with zero attached hydrogens (tertiary/aromatic N) is 3. The van der Waals surface area contributed by atoms with E-state index in [0.717, 1.165) is 24.2 Å². The van der Waals surface area contributed by atoms with Gasteiger partial charge in [0.15, 0.2) is 17.7 Å². The van der Waals surface area contributed by atoms with Gasteiger partial charge in [0.1, 0.15) is 13.1 Å². The molecule has 0 aliphatic carbocycles. The molecule has 8 nitrogen and oxygen atoms in total. The van der Waals surface area contributed by atoms with Crippen molar-refractivity contribution in [3.8, 4) is 5.75 Å². The molecule has 1 saturated heterocycles. The molecule has 188 valence electrons. The van der Waals surface area contributed by atoms with E-state index in [0.29, 0.717) is 11.1 Å². The first kappa shape index (κ1) is 26.1. The van der Waals surface area contributed by atoms with Crippen molar-refractivity contribution < 1.29 is 31.4 Å². The van der Waals surface area contributed by atoms with E-state index in [2.05, 4.69) is 20.3 Å². The zero-order valence-electron chi connectivity index (χ0n) is 18.6.